The lowest BCUT2D eigenvalue weighted by atomic mass is 10.1. The summed E-state index contributed by atoms with van der Waals surface area (Å²) in [5.74, 6) is -4.22. The highest BCUT2D eigenvalue weighted by Crippen LogP contribution is 2.01. The van der Waals surface area contributed by atoms with Gasteiger partial charge in [0.25, 0.3) is 0 Å². The summed E-state index contributed by atoms with van der Waals surface area (Å²) < 4.78 is 0. The summed E-state index contributed by atoms with van der Waals surface area (Å²) in [4.78, 5) is 57.5. The van der Waals surface area contributed by atoms with Crippen LogP contribution in [0.25, 0.3) is 0 Å². The van der Waals surface area contributed by atoms with E-state index in [1.165, 1.54) is 0 Å². The number of amides is 4. The Morgan fingerprint density at radius 3 is 1.96 bits per heavy atom. The molecule has 0 bridgehead atoms. The van der Waals surface area contributed by atoms with Gasteiger partial charge in [-0.05, 0) is 6.42 Å². The van der Waals surface area contributed by atoms with Crippen molar-refractivity contribution in [2.24, 2.45) is 11.5 Å². The third kappa shape index (κ3) is 9.48. The van der Waals surface area contributed by atoms with E-state index in [1.54, 1.807) is 0 Å². The first-order valence-electron chi connectivity index (χ1n) is 7.48. The quantitative estimate of drug-likeness (QED) is 0.154. The molecule has 0 aromatic carbocycles. The van der Waals surface area contributed by atoms with E-state index in [-0.39, 0.29) is 24.3 Å². The fourth-order valence-electron chi connectivity index (χ4n) is 1.67. The van der Waals surface area contributed by atoms with Crippen LogP contribution in [0.5, 0.6) is 0 Å². The number of carboxylic acid groups (broad SMARTS) is 1. The van der Waals surface area contributed by atoms with Crippen LogP contribution >= 0.6 is 25.3 Å². The number of carbonyl (C=O) groups is 5. The molecule has 26 heavy (non-hydrogen) atoms. The van der Waals surface area contributed by atoms with Crippen LogP contribution in [0.15, 0.2) is 0 Å². The van der Waals surface area contributed by atoms with E-state index in [9.17, 15) is 24.0 Å². The van der Waals surface area contributed by atoms with Crippen LogP contribution in [0, 0.1) is 0 Å². The summed E-state index contributed by atoms with van der Waals surface area (Å²) in [5, 5.41) is 15.3. The van der Waals surface area contributed by atoms with Crippen molar-refractivity contribution in [1.82, 2.24) is 16.0 Å². The lowest BCUT2D eigenvalue weighted by Gasteiger charge is -2.22. The van der Waals surface area contributed by atoms with Crippen LogP contribution in [-0.4, -0.2) is 70.9 Å². The smallest absolute Gasteiger partial charge is 0.322 e. The maximum absolute atomic E-state index is 12.3. The molecule has 3 atom stereocenters. The molecule has 0 aliphatic rings. The average molecular weight is 409 g/mol. The number of carboxylic acids is 1. The van der Waals surface area contributed by atoms with Crippen molar-refractivity contribution in [3.05, 3.63) is 0 Å². The molecule has 0 fully saturated rings. The molecule has 0 aromatic heterocycles. The largest absolute Gasteiger partial charge is 0.480 e. The molecule has 3 unspecified atom stereocenters. The zero-order valence-electron chi connectivity index (χ0n) is 13.8. The van der Waals surface area contributed by atoms with Crippen LogP contribution in [0.3, 0.4) is 0 Å². The zero-order chi connectivity index (χ0) is 20.3. The molecule has 0 rings (SSSR count). The van der Waals surface area contributed by atoms with Gasteiger partial charge in [-0.3, -0.25) is 24.0 Å². The van der Waals surface area contributed by atoms with Gasteiger partial charge in [0.15, 0.2) is 0 Å². The second-order valence-corrected chi connectivity index (χ2v) is 5.94. The van der Waals surface area contributed by atoms with Crippen LogP contribution in [0.2, 0.25) is 0 Å². The van der Waals surface area contributed by atoms with Crippen LogP contribution in [0.1, 0.15) is 12.8 Å². The van der Waals surface area contributed by atoms with Crippen molar-refractivity contribution in [2.45, 2.75) is 31.0 Å². The number of aliphatic carboxylic acids is 1. The monoisotopic (exact) mass is 409 g/mol. The molecule has 0 radical (unpaired) electrons. The SMILES string of the molecule is NC(=O)CCC(NC(=O)C(N)CS)C(=O)NC(CS)C(=O)NCC(=O)O. The topological polar surface area (TPSA) is 194 Å². The lowest BCUT2D eigenvalue weighted by Crippen LogP contribution is -2.56. The van der Waals surface area contributed by atoms with Gasteiger partial charge in [-0.1, -0.05) is 0 Å². The molecular weight excluding hydrogens is 386 g/mol. The normalized spacial score (nSPS) is 13.8. The Labute approximate surface area is 160 Å². The van der Waals surface area contributed by atoms with Crippen LogP contribution in [0.4, 0.5) is 0 Å². The molecular formula is C13H23N5O6S2. The van der Waals surface area contributed by atoms with Gasteiger partial charge >= 0.3 is 5.97 Å². The van der Waals surface area contributed by atoms with Gasteiger partial charge < -0.3 is 32.5 Å². The van der Waals surface area contributed by atoms with E-state index in [0.717, 1.165) is 0 Å². The van der Waals surface area contributed by atoms with E-state index in [2.05, 4.69) is 41.2 Å². The van der Waals surface area contributed by atoms with Gasteiger partial charge in [-0.25, -0.2) is 0 Å². The third-order valence-electron chi connectivity index (χ3n) is 3.08. The molecule has 0 aliphatic carbocycles. The minimum Gasteiger partial charge on any atom is -0.480 e. The number of carbonyl (C=O) groups excluding carboxylic acids is 4. The zero-order valence-corrected chi connectivity index (χ0v) is 15.6. The van der Waals surface area contributed by atoms with Crippen molar-refractivity contribution < 1.29 is 29.1 Å². The van der Waals surface area contributed by atoms with E-state index in [0.29, 0.717) is 0 Å². The number of hydrogen-bond donors (Lipinski definition) is 8. The first-order valence-corrected chi connectivity index (χ1v) is 8.74. The van der Waals surface area contributed by atoms with Crippen molar-refractivity contribution in [2.75, 3.05) is 18.1 Å². The summed E-state index contributed by atoms with van der Waals surface area (Å²) in [6.07, 6.45) is -0.298. The molecule has 0 heterocycles. The Kier molecular flexibility index (Phi) is 11.4. The minimum absolute atomic E-state index is 0.0346. The van der Waals surface area contributed by atoms with Gasteiger partial charge in [-0.2, -0.15) is 25.3 Å². The van der Waals surface area contributed by atoms with E-state index in [4.69, 9.17) is 16.6 Å². The number of hydrogen-bond acceptors (Lipinski definition) is 8. The maximum atomic E-state index is 12.3. The molecule has 0 spiro atoms. The molecule has 8 N–H and O–H groups in total. The third-order valence-corrected chi connectivity index (χ3v) is 3.83. The highest BCUT2D eigenvalue weighted by molar-refractivity contribution is 7.80. The summed E-state index contributed by atoms with van der Waals surface area (Å²) in [5.41, 5.74) is 10.6. The molecule has 0 aliphatic heterocycles. The van der Waals surface area contributed by atoms with E-state index < -0.39 is 54.3 Å². The molecule has 148 valence electrons. The summed E-state index contributed by atoms with van der Waals surface area (Å²) in [6.45, 7) is -0.627. The molecule has 0 saturated carbocycles. The first-order chi connectivity index (χ1) is 12.1. The second-order valence-electron chi connectivity index (χ2n) is 5.21. The average Bonchev–Trinajstić information content (AvgIpc) is 2.59. The van der Waals surface area contributed by atoms with Crippen LogP contribution < -0.4 is 27.4 Å². The highest BCUT2D eigenvalue weighted by atomic mass is 32.1. The standard InChI is InChI=1S/C13H23N5O6S2/c14-6(4-25)11(22)17-7(1-2-9(15)19)13(24)18-8(5-26)12(23)16-3-10(20)21/h6-8,25-26H,1-5,14H2,(H2,15,19)(H,16,23)(H,17,22)(H,18,24)(H,20,21). The highest BCUT2D eigenvalue weighted by Gasteiger charge is 2.27. The molecule has 11 nitrogen and oxygen atoms in total. The van der Waals surface area contributed by atoms with Gasteiger partial charge in [0.1, 0.15) is 18.6 Å². The molecule has 0 saturated heterocycles. The Hall–Kier alpha value is -1.99. The van der Waals surface area contributed by atoms with Crippen molar-refractivity contribution in [3.63, 3.8) is 0 Å². The minimum atomic E-state index is -1.25. The number of thiol groups is 2. The Morgan fingerprint density at radius 1 is 0.923 bits per heavy atom. The van der Waals surface area contributed by atoms with Gasteiger partial charge in [0.05, 0.1) is 6.04 Å². The van der Waals surface area contributed by atoms with Crippen molar-refractivity contribution >= 4 is 54.9 Å². The van der Waals surface area contributed by atoms with Crippen molar-refractivity contribution in [3.8, 4) is 0 Å². The predicted octanol–water partition coefficient (Wildman–Crippen LogP) is -3.39. The molecule has 13 heteroatoms. The predicted molar refractivity (Wildman–Crippen MR) is 98.6 cm³/mol. The molecule has 0 aromatic rings. The number of nitrogens with one attached hydrogen (secondary N) is 3. The number of primary amides is 1. The Morgan fingerprint density at radius 2 is 1.50 bits per heavy atom. The van der Waals surface area contributed by atoms with Crippen molar-refractivity contribution in [1.29, 1.82) is 0 Å². The summed E-state index contributed by atoms with van der Waals surface area (Å²) in [7, 11) is 0. The fraction of sp³-hybridized carbons (Fsp3) is 0.615. The van der Waals surface area contributed by atoms with Gasteiger partial charge in [-0.15, -0.1) is 0 Å². The van der Waals surface area contributed by atoms with Crippen LogP contribution in [-0.2, 0) is 24.0 Å². The summed E-state index contributed by atoms with van der Waals surface area (Å²) in [6, 6.07) is -3.28. The van der Waals surface area contributed by atoms with Gasteiger partial charge in [0.2, 0.25) is 23.6 Å². The fourth-order valence-corrected chi connectivity index (χ4v) is 2.09. The Bertz CT molecular complexity index is 547. The second kappa shape index (κ2) is 12.4. The van der Waals surface area contributed by atoms with Gasteiger partial charge in [0, 0.05) is 17.9 Å². The number of nitrogens with two attached hydrogens (primary N) is 2. The lowest BCUT2D eigenvalue weighted by molar-refractivity contribution is -0.138. The van der Waals surface area contributed by atoms with E-state index >= 15 is 0 Å². The van der Waals surface area contributed by atoms with E-state index in [1.807, 2.05) is 0 Å². The molecule has 4 amide bonds. The number of rotatable bonds is 12. The maximum Gasteiger partial charge on any atom is 0.322 e. The Balaban J connectivity index is 5.00. The summed E-state index contributed by atoms with van der Waals surface area (Å²) >= 11 is 7.81. The first kappa shape index (κ1) is 24.0.